The van der Waals surface area contributed by atoms with E-state index in [-0.39, 0.29) is 12.0 Å². The average Bonchev–Trinajstić information content (AvgIpc) is 3.28. The molecule has 2 unspecified atom stereocenters. The average molecular weight is 447 g/mol. The van der Waals surface area contributed by atoms with Crippen LogP contribution in [0.15, 0.2) is 53.7 Å². The minimum absolute atomic E-state index is 0.0847. The minimum Gasteiger partial charge on any atom is -0.374 e. The number of hydrogen-bond acceptors (Lipinski definition) is 8. The first-order chi connectivity index (χ1) is 16.0. The molecule has 1 aliphatic rings. The summed E-state index contributed by atoms with van der Waals surface area (Å²) in [5, 5.41) is 5.85. The van der Waals surface area contributed by atoms with E-state index in [2.05, 4.69) is 30.6 Å². The summed E-state index contributed by atoms with van der Waals surface area (Å²) >= 11 is 0. The number of rotatable bonds is 8. The fourth-order valence-corrected chi connectivity index (χ4v) is 3.41. The van der Waals surface area contributed by atoms with Crippen molar-refractivity contribution in [1.29, 1.82) is 0 Å². The third-order valence-electron chi connectivity index (χ3n) is 5.06. The minimum atomic E-state index is -0.465. The second kappa shape index (κ2) is 10.2. The molecule has 0 aliphatic carbocycles. The molecular weight excluding hydrogens is 420 g/mol. The number of aromatic nitrogens is 4. The van der Waals surface area contributed by atoms with E-state index >= 15 is 0 Å². The number of anilines is 1. The fourth-order valence-electron chi connectivity index (χ4n) is 3.41. The third-order valence-corrected chi connectivity index (χ3v) is 5.06. The number of carbonyl (C=O) groups is 1. The number of methoxy groups -OCH3 is 1. The second-order valence-corrected chi connectivity index (χ2v) is 7.44. The van der Waals surface area contributed by atoms with Gasteiger partial charge in [-0.3, -0.25) is 9.79 Å². The van der Waals surface area contributed by atoms with Crippen molar-refractivity contribution < 1.29 is 9.53 Å². The number of aromatic amines is 1. The van der Waals surface area contributed by atoms with E-state index < -0.39 is 6.17 Å². The molecular formula is C23H26N8O2. The Labute approximate surface area is 191 Å². The highest BCUT2D eigenvalue weighted by Gasteiger charge is 2.23. The molecule has 4 rings (SSSR count). The van der Waals surface area contributed by atoms with Crippen LogP contribution in [0.25, 0.3) is 28.3 Å². The number of carbonyl (C=O) groups excluding carboxylic acids is 1. The number of allylic oxidation sites excluding steroid dienone is 1. The SMILES string of the molecule is COC1C=C(c2nc(-c3ccccc3)[nH]c2-c2ccnc(NCCNC(C)=O)n2)C=NC1N. The number of imidazole rings is 1. The molecule has 1 amide bonds. The van der Waals surface area contributed by atoms with Gasteiger partial charge in [-0.05, 0) is 12.1 Å². The lowest BCUT2D eigenvalue weighted by Crippen LogP contribution is -2.35. The summed E-state index contributed by atoms with van der Waals surface area (Å²) < 4.78 is 5.46. The summed E-state index contributed by atoms with van der Waals surface area (Å²) in [4.78, 5) is 32.6. The van der Waals surface area contributed by atoms with Crippen molar-refractivity contribution in [3.8, 4) is 22.8 Å². The van der Waals surface area contributed by atoms with E-state index in [0.717, 1.165) is 16.8 Å². The summed E-state index contributed by atoms with van der Waals surface area (Å²) in [5.74, 6) is 1.07. The van der Waals surface area contributed by atoms with Crippen molar-refractivity contribution in [3.63, 3.8) is 0 Å². The van der Waals surface area contributed by atoms with E-state index in [0.29, 0.717) is 36.3 Å². The van der Waals surface area contributed by atoms with Crippen LogP contribution in [0, 0.1) is 0 Å². The van der Waals surface area contributed by atoms with Crippen molar-refractivity contribution in [2.24, 2.45) is 10.7 Å². The van der Waals surface area contributed by atoms with Crippen LogP contribution in [0.2, 0.25) is 0 Å². The van der Waals surface area contributed by atoms with Gasteiger partial charge < -0.3 is 26.1 Å². The monoisotopic (exact) mass is 446 g/mol. The van der Waals surface area contributed by atoms with Crippen molar-refractivity contribution in [3.05, 3.63) is 54.4 Å². The number of ether oxygens (including phenoxy) is 1. The Morgan fingerprint density at radius 1 is 1.18 bits per heavy atom. The van der Waals surface area contributed by atoms with Crippen LogP contribution in [0.5, 0.6) is 0 Å². The molecule has 2 aromatic heterocycles. The first kappa shape index (κ1) is 22.3. The van der Waals surface area contributed by atoms with Gasteiger partial charge in [-0.2, -0.15) is 0 Å². The lowest BCUT2D eigenvalue weighted by Gasteiger charge is -2.20. The standard InChI is InChI=1S/C23H26N8O2/c1-14(32)25-10-11-27-23-26-9-8-17(29-23)20-19(16-12-18(33-2)21(24)28-13-16)30-22(31-20)15-6-4-3-5-7-15/h3-9,12-13,18,21H,10-11,24H2,1-2H3,(H,25,32)(H,30,31)(H,26,27,29). The Morgan fingerprint density at radius 3 is 2.76 bits per heavy atom. The molecule has 0 saturated heterocycles. The van der Waals surface area contributed by atoms with Crippen molar-refractivity contribution in [1.82, 2.24) is 25.3 Å². The predicted octanol–water partition coefficient (Wildman–Crippen LogP) is 1.85. The lowest BCUT2D eigenvalue weighted by atomic mass is 10.0. The first-order valence-corrected chi connectivity index (χ1v) is 10.6. The predicted molar refractivity (Wildman–Crippen MR) is 127 cm³/mol. The van der Waals surface area contributed by atoms with E-state index in [4.69, 9.17) is 15.5 Å². The highest BCUT2D eigenvalue weighted by Crippen LogP contribution is 2.30. The molecule has 0 spiro atoms. The normalized spacial score (nSPS) is 17.5. The van der Waals surface area contributed by atoms with Crippen LogP contribution < -0.4 is 16.4 Å². The largest absolute Gasteiger partial charge is 0.374 e. The third kappa shape index (κ3) is 5.30. The van der Waals surface area contributed by atoms with Gasteiger partial charge in [0.25, 0.3) is 0 Å². The number of benzene rings is 1. The molecule has 10 nitrogen and oxygen atoms in total. The molecule has 0 fully saturated rings. The van der Waals surface area contributed by atoms with Gasteiger partial charge >= 0.3 is 0 Å². The number of aliphatic imine (C=N–C) groups is 1. The zero-order valence-electron chi connectivity index (χ0n) is 18.4. The number of nitrogens with one attached hydrogen (secondary N) is 3. The topological polar surface area (TPSA) is 143 Å². The van der Waals surface area contributed by atoms with Crippen LogP contribution in [-0.4, -0.2) is 64.5 Å². The molecule has 33 heavy (non-hydrogen) atoms. The molecule has 5 N–H and O–H groups in total. The molecule has 1 aliphatic heterocycles. The Kier molecular flexibility index (Phi) is 6.86. The molecule has 3 heterocycles. The second-order valence-electron chi connectivity index (χ2n) is 7.44. The summed E-state index contributed by atoms with van der Waals surface area (Å²) in [5.41, 5.74) is 9.83. The molecule has 170 valence electrons. The number of H-pyrrole nitrogens is 1. The zero-order valence-corrected chi connectivity index (χ0v) is 18.4. The number of dihydropyridines is 1. The molecule has 10 heteroatoms. The van der Waals surface area contributed by atoms with Crippen molar-refractivity contribution in [2.75, 3.05) is 25.5 Å². The molecule has 2 atom stereocenters. The van der Waals surface area contributed by atoms with Gasteiger partial charge in [-0.15, -0.1) is 0 Å². The lowest BCUT2D eigenvalue weighted by molar-refractivity contribution is -0.118. The van der Waals surface area contributed by atoms with Crippen LogP contribution in [-0.2, 0) is 9.53 Å². The van der Waals surface area contributed by atoms with E-state index in [9.17, 15) is 4.79 Å². The Bertz CT molecular complexity index is 1170. The van der Waals surface area contributed by atoms with E-state index in [1.54, 1.807) is 19.5 Å². The van der Waals surface area contributed by atoms with E-state index in [1.165, 1.54) is 6.92 Å². The number of nitrogens with zero attached hydrogens (tertiary/aromatic N) is 4. The number of hydrogen-bond donors (Lipinski definition) is 4. The molecule has 3 aromatic rings. The van der Waals surface area contributed by atoms with Gasteiger partial charge in [-0.1, -0.05) is 30.3 Å². The smallest absolute Gasteiger partial charge is 0.223 e. The van der Waals surface area contributed by atoms with Gasteiger partial charge in [0, 0.05) is 50.7 Å². The van der Waals surface area contributed by atoms with Crippen LogP contribution in [0.4, 0.5) is 5.95 Å². The van der Waals surface area contributed by atoms with Crippen molar-refractivity contribution in [2.45, 2.75) is 19.2 Å². The van der Waals surface area contributed by atoms with Crippen LogP contribution in [0.1, 0.15) is 12.6 Å². The molecule has 0 bridgehead atoms. The summed E-state index contributed by atoms with van der Waals surface area (Å²) in [6.07, 6.45) is 4.48. The summed E-state index contributed by atoms with van der Waals surface area (Å²) in [6, 6.07) is 11.7. The van der Waals surface area contributed by atoms with Crippen LogP contribution >= 0.6 is 0 Å². The summed E-state index contributed by atoms with van der Waals surface area (Å²) in [6.45, 7) is 2.45. The molecule has 0 saturated carbocycles. The maximum Gasteiger partial charge on any atom is 0.223 e. The number of amides is 1. The highest BCUT2D eigenvalue weighted by molar-refractivity contribution is 6.12. The Hall–Kier alpha value is -3.89. The summed E-state index contributed by atoms with van der Waals surface area (Å²) in [7, 11) is 1.60. The Balaban J connectivity index is 1.70. The number of nitrogens with two attached hydrogens (primary N) is 1. The van der Waals surface area contributed by atoms with E-state index in [1.807, 2.05) is 42.5 Å². The van der Waals surface area contributed by atoms with Gasteiger partial charge in [0.1, 0.15) is 18.1 Å². The Morgan fingerprint density at radius 2 is 2.00 bits per heavy atom. The van der Waals surface area contributed by atoms with Gasteiger partial charge in [0.15, 0.2) is 0 Å². The van der Waals surface area contributed by atoms with Gasteiger partial charge in [0.05, 0.1) is 17.1 Å². The molecule has 0 radical (unpaired) electrons. The molecule has 1 aromatic carbocycles. The quantitative estimate of drug-likeness (QED) is 0.387. The van der Waals surface area contributed by atoms with Gasteiger partial charge in [-0.25, -0.2) is 15.0 Å². The first-order valence-electron chi connectivity index (χ1n) is 10.6. The maximum absolute atomic E-state index is 11.1. The highest BCUT2D eigenvalue weighted by atomic mass is 16.5. The fraction of sp³-hybridized carbons (Fsp3) is 0.261. The van der Waals surface area contributed by atoms with Crippen LogP contribution in [0.3, 0.4) is 0 Å². The van der Waals surface area contributed by atoms with Gasteiger partial charge in [0.2, 0.25) is 11.9 Å². The zero-order chi connectivity index (χ0) is 23.2. The van der Waals surface area contributed by atoms with Crippen molar-refractivity contribution >= 4 is 23.6 Å². The maximum atomic E-state index is 11.1.